The van der Waals surface area contributed by atoms with Crippen LogP contribution in [0.4, 0.5) is 4.39 Å². The number of esters is 3. The van der Waals surface area contributed by atoms with Gasteiger partial charge in [0.2, 0.25) is 6.29 Å². The molecule has 0 aliphatic carbocycles. The number of carbonyl (C=O) groups is 3. The van der Waals surface area contributed by atoms with Crippen LogP contribution in [0.25, 0.3) is 0 Å². The number of rotatable bonds is 5. The van der Waals surface area contributed by atoms with E-state index in [4.69, 9.17) is 18.9 Å². The molecule has 0 amide bonds. The van der Waals surface area contributed by atoms with Crippen LogP contribution in [0.15, 0.2) is 24.3 Å². The summed E-state index contributed by atoms with van der Waals surface area (Å²) >= 11 is 0. The van der Waals surface area contributed by atoms with Crippen LogP contribution in [-0.4, -0.2) is 49.2 Å². The van der Waals surface area contributed by atoms with Crippen molar-refractivity contribution in [2.24, 2.45) is 0 Å². The van der Waals surface area contributed by atoms with Gasteiger partial charge in [0.1, 0.15) is 12.7 Å². The Balaban J connectivity index is 1.98. The summed E-state index contributed by atoms with van der Waals surface area (Å²) in [5, 5.41) is 0. The van der Waals surface area contributed by atoms with E-state index < -0.39 is 49.2 Å². The first kappa shape index (κ1) is 18.9. The van der Waals surface area contributed by atoms with Crippen LogP contribution >= 0.6 is 0 Å². The van der Waals surface area contributed by atoms with E-state index in [-0.39, 0.29) is 0 Å². The largest absolute Gasteiger partial charge is 0.459 e. The van der Waals surface area contributed by atoms with E-state index in [1.165, 1.54) is 0 Å². The van der Waals surface area contributed by atoms with Crippen molar-refractivity contribution in [3.05, 3.63) is 35.4 Å². The molecule has 1 aromatic carbocycles. The topological polar surface area (TPSA) is 88.1 Å². The SMILES string of the molecule is CC(=O)OC1OC(COC(=O)c2ccc(C)cc2)C(F)C1OC(C)=O. The lowest BCUT2D eigenvalue weighted by Gasteiger charge is -2.18. The Morgan fingerprint density at radius 1 is 1.08 bits per heavy atom. The molecule has 7 nitrogen and oxygen atoms in total. The van der Waals surface area contributed by atoms with Gasteiger partial charge in [0.25, 0.3) is 0 Å². The van der Waals surface area contributed by atoms with Crippen molar-refractivity contribution in [1.82, 2.24) is 0 Å². The minimum atomic E-state index is -1.81. The highest BCUT2D eigenvalue weighted by molar-refractivity contribution is 5.89. The second-order valence-corrected chi connectivity index (χ2v) is 5.64. The van der Waals surface area contributed by atoms with E-state index in [1.807, 2.05) is 6.92 Å². The van der Waals surface area contributed by atoms with Gasteiger partial charge in [-0.3, -0.25) is 9.59 Å². The predicted molar refractivity (Wildman–Crippen MR) is 82.3 cm³/mol. The summed E-state index contributed by atoms with van der Waals surface area (Å²) < 4.78 is 34.3. The molecule has 0 aromatic heterocycles. The highest BCUT2D eigenvalue weighted by Gasteiger charge is 2.49. The summed E-state index contributed by atoms with van der Waals surface area (Å²) in [6.45, 7) is 3.68. The number of benzene rings is 1. The van der Waals surface area contributed by atoms with Gasteiger partial charge in [0.05, 0.1) is 5.56 Å². The first-order chi connectivity index (χ1) is 11.8. The second-order valence-electron chi connectivity index (χ2n) is 5.64. The van der Waals surface area contributed by atoms with Gasteiger partial charge in [-0.15, -0.1) is 0 Å². The Morgan fingerprint density at radius 3 is 2.24 bits per heavy atom. The van der Waals surface area contributed by atoms with Crippen molar-refractivity contribution in [2.75, 3.05) is 6.61 Å². The van der Waals surface area contributed by atoms with Gasteiger partial charge < -0.3 is 18.9 Å². The molecule has 0 spiro atoms. The molecule has 1 fully saturated rings. The van der Waals surface area contributed by atoms with E-state index in [2.05, 4.69) is 0 Å². The zero-order valence-electron chi connectivity index (χ0n) is 14.1. The first-order valence-corrected chi connectivity index (χ1v) is 7.65. The maximum absolute atomic E-state index is 14.4. The van der Waals surface area contributed by atoms with Crippen LogP contribution in [0.3, 0.4) is 0 Å². The molecule has 136 valence electrons. The van der Waals surface area contributed by atoms with Gasteiger partial charge in [0, 0.05) is 13.8 Å². The molecule has 1 saturated heterocycles. The molecule has 0 N–H and O–H groups in total. The number of carbonyl (C=O) groups excluding carboxylic acids is 3. The predicted octanol–water partition coefficient (Wildman–Crippen LogP) is 1.71. The van der Waals surface area contributed by atoms with Crippen LogP contribution in [0.1, 0.15) is 29.8 Å². The lowest BCUT2D eigenvalue weighted by molar-refractivity contribution is -0.195. The second kappa shape index (κ2) is 8.06. The van der Waals surface area contributed by atoms with Crippen molar-refractivity contribution >= 4 is 17.9 Å². The molecule has 1 aromatic rings. The molecule has 4 unspecified atom stereocenters. The van der Waals surface area contributed by atoms with Crippen molar-refractivity contribution in [2.45, 2.75) is 45.4 Å². The van der Waals surface area contributed by atoms with Gasteiger partial charge in [-0.1, -0.05) is 17.7 Å². The van der Waals surface area contributed by atoms with Crippen molar-refractivity contribution in [3.63, 3.8) is 0 Å². The van der Waals surface area contributed by atoms with Crippen LogP contribution in [0, 0.1) is 6.92 Å². The fourth-order valence-electron chi connectivity index (χ4n) is 2.32. The van der Waals surface area contributed by atoms with E-state index in [0.717, 1.165) is 19.4 Å². The number of alkyl halides is 1. The third-order valence-corrected chi connectivity index (χ3v) is 3.50. The third-order valence-electron chi connectivity index (χ3n) is 3.50. The summed E-state index contributed by atoms with van der Waals surface area (Å²) in [7, 11) is 0. The fourth-order valence-corrected chi connectivity index (χ4v) is 2.32. The summed E-state index contributed by atoms with van der Waals surface area (Å²) in [6, 6.07) is 6.66. The van der Waals surface area contributed by atoms with Crippen molar-refractivity contribution in [3.8, 4) is 0 Å². The Labute approximate surface area is 144 Å². The van der Waals surface area contributed by atoms with Crippen molar-refractivity contribution in [1.29, 1.82) is 0 Å². The van der Waals surface area contributed by atoms with Gasteiger partial charge >= 0.3 is 17.9 Å². The van der Waals surface area contributed by atoms with Gasteiger partial charge in [-0.25, -0.2) is 9.18 Å². The summed E-state index contributed by atoms with van der Waals surface area (Å²) in [5.74, 6) is -2.10. The summed E-state index contributed by atoms with van der Waals surface area (Å²) in [5.41, 5.74) is 1.29. The van der Waals surface area contributed by atoms with E-state index >= 15 is 0 Å². The smallest absolute Gasteiger partial charge is 0.338 e. The molecule has 4 atom stereocenters. The molecule has 0 saturated carbocycles. The van der Waals surface area contributed by atoms with Crippen LogP contribution in [0.5, 0.6) is 0 Å². The Hall–Kier alpha value is -2.48. The molecule has 8 heteroatoms. The maximum Gasteiger partial charge on any atom is 0.338 e. The van der Waals surface area contributed by atoms with Gasteiger partial charge in [-0.2, -0.15) is 0 Å². The number of halogens is 1. The molecule has 1 aliphatic rings. The molecule has 0 bridgehead atoms. The van der Waals surface area contributed by atoms with Crippen LogP contribution in [0.2, 0.25) is 0 Å². The number of aryl methyl sites for hydroxylation is 1. The Bertz CT molecular complexity index is 643. The monoisotopic (exact) mass is 354 g/mol. The summed E-state index contributed by atoms with van der Waals surface area (Å²) in [4.78, 5) is 34.1. The average molecular weight is 354 g/mol. The van der Waals surface area contributed by atoms with Crippen LogP contribution < -0.4 is 0 Å². The summed E-state index contributed by atoms with van der Waals surface area (Å²) in [6.07, 6.45) is -5.83. The lowest BCUT2D eigenvalue weighted by Crippen LogP contribution is -2.36. The number of hydrogen-bond donors (Lipinski definition) is 0. The highest BCUT2D eigenvalue weighted by atomic mass is 19.1. The maximum atomic E-state index is 14.4. The zero-order chi connectivity index (χ0) is 18.6. The molecule has 1 aliphatic heterocycles. The van der Waals surface area contributed by atoms with E-state index in [0.29, 0.717) is 5.56 Å². The zero-order valence-corrected chi connectivity index (χ0v) is 14.1. The minimum absolute atomic E-state index is 0.312. The fraction of sp³-hybridized carbons (Fsp3) is 0.471. The Morgan fingerprint density at radius 2 is 1.68 bits per heavy atom. The molecular formula is C17H19FO7. The molecule has 1 heterocycles. The lowest BCUT2D eigenvalue weighted by atomic mass is 10.1. The molecule has 2 rings (SSSR count). The quantitative estimate of drug-likeness (QED) is 0.587. The first-order valence-electron chi connectivity index (χ1n) is 7.65. The van der Waals surface area contributed by atoms with E-state index in [1.54, 1.807) is 24.3 Å². The average Bonchev–Trinajstić information content (AvgIpc) is 2.81. The minimum Gasteiger partial charge on any atom is -0.459 e. The van der Waals surface area contributed by atoms with Crippen molar-refractivity contribution < 1.29 is 37.7 Å². The standard InChI is InChI=1S/C17H19FO7/c1-9-4-6-12(7-5-9)16(21)22-8-13-14(18)15(23-10(2)19)17(25-13)24-11(3)20/h4-7,13-15,17H,8H2,1-3H3. The molecular weight excluding hydrogens is 335 g/mol. The van der Waals surface area contributed by atoms with Gasteiger partial charge in [0.15, 0.2) is 12.3 Å². The van der Waals surface area contributed by atoms with E-state index in [9.17, 15) is 18.8 Å². The third kappa shape index (κ3) is 4.99. The molecule has 0 radical (unpaired) electrons. The Kier molecular flexibility index (Phi) is 6.08. The normalized spacial score (nSPS) is 25.3. The number of ether oxygens (including phenoxy) is 4. The van der Waals surface area contributed by atoms with Gasteiger partial charge in [-0.05, 0) is 19.1 Å². The molecule has 25 heavy (non-hydrogen) atoms. The number of hydrogen-bond acceptors (Lipinski definition) is 7. The highest BCUT2D eigenvalue weighted by Crippen LogP contribution is 2.28. The van der Waals surface area contributed by atoms with Crippen LogP contribution in [-0.2, 0) is 28.5 Å².